The fourth-order valence-electron chi connectivity index (χ4n) is 2.66. The summed E-state index contributed by atoms with van der Waals surface area (Å²) in [5.41, 5.74) is 2.48. The molecule has 0 unspecified atom stereocenters. The molecule has 1 aliphatic carbocycles. The number of aromatic amines is 1. The molecule has 0 radical (unpaired) electrons. The fourth-order valence-corrected chi connectivity index (χ4v) is 2.66. The molecular formula is C13H23N3. The Morgan fingerprint density at radius 2 is 2.25 bits per heavy atom. The van der Waals surface area contributed by atoms with Gasteiger partial charge in [-0.2, -0.15) is 5.10 Å². The number of hydrogen-bond donors (Lipinski definition) is 2. The van der Waals surface area contributed by atoms with Crippen LogP contribution in [0.4, 0.5) is 0 Å². The van der Waals surface area contributed by atoms with E-state index in [1.54, 1.807) is 0 Å². The summed E-state index contributed by atoms with van der Waals surface area (Å²) < 4.78 is 0. The molecule has 2 N–H and O–H groups in total. The van der Waals surface area contributed by atoms with Crippen LogP contribution in [-0.2, 0) is 6.54 Å². The van der Waals surface area contributed by atoms with Gasteiger partial charge in [-0.3, -0.25) is 5.10 Å². The maximum Gasteiger partial charge on any atom is 0.0535 e. The van der Waals surface area contributed by atoms with Crippen LogP contribution in [0, 0.1) is 18.8 Å². The fraction of sp³-hybridized carbons (Fsp3) is 0.769. The molecule has 0 spiro atoms. The Kier molecular flexibility index (Phi) is 3.64. The predicted octanol–water partition coefficient (Wildman–Crippen LogP) is 2.63. The molecule has 1 fully saturated rings. The van der Waals surface area contributed by atoms with Crippen molar-refractivity contribution in [2.24, 2.45) is 11.8 Å². The van der Waals surface area contributed by atoms with E-state index >= 15 is 0 Å². The first-order valence-corrected chi connectivity index (χ1v) is 6.40. The summed E-state index contributed by atoms with van der Waals surface area (Å²) in [5.74, 6) is 1.65. The summed E-state index contributed by atoms with van der Waals surface area (Å²) in [5, 5.41) is 10.7. The monoisotopic (exact) mass is 221 g/mol. The second-order valence-electron chi connectivity index (χ2n) is 5.27. The second-order valence-corrected chi connectivity index (χ2v) is 5.27. The summed E-state index contributed by atoms with van der Waals surface area (Å²) in [6, 6.07) is 0.679. The normalized spacial score (nSPS) is 30.6. The van der Waals surface area contributed by atoms with E-state index in [0.717, 1.165) is 18.4 Å². The third-order valence-electron chi connectivity index (χ3n) is 4.20. The summed E-state index contributed by atoms with van der Waals surface area (Å²) in [6.07, 6.45) is 6.01. The van der Waals surface area contributed by atoms with Crippen LogP contribution in [0.1, 0.15) is 44.4 Å². The summed E-state index contributed by atoms with van der Waals surface area (Å²) in [7, 11) is 0. The van der Waals surface area contributed by atoms with Crippen molar-refractivity contribution in [2.75, 3.05) is 0 Å². The van der Waals surface area contributed by atoms with E-state index in [2.05, 4.69) is 36.3 Å². The van der Waals surface area contributed by atoms with E-state index in [1.165, 1.54) is 30.5 Å². The number of rotatable bonds is 3. The van der Waals surface area contributed by atoms with Crippen LogP contribution in [0.25, 0.3) is 0 Å². The first-order valence-electron chi connectivity index (χ1n) is 6.40. The predicted molar refractivity (Wildman–Crippen MR) is 66.1 cm³/mol. The van der Waals surface area contributed by atoms with Gasteiger partial charge in [-0.25, -0.2) is 0 Å². The highest BCUT2D eigenvalue weighted by Crippen LogP contribution is 2.29. The van der Waals surface area contributed by atoms with Crippen LogP contribution in [-0.4, -0.2) is 16.2 Å². The van der Waals surface area contributed by atoms with Gasteiger partial charge in [0.1, 0.15) is 0 Å². The molecule has 2 rings (SSSR count). The molecule has 90 valence electrons. The van der Waals surface area contributed by atoms with Crippen LogP contribution in [0.2, 0.25) is 0 Å². The average Bonchev–Trinajstić information content (AvgIpc) is 2.67. The molecule has 1 saturated carbocycles. The van der Waals surface area contributed by atoms with Gasteiger partial charge in [0, 0.05) is 23.8 Å². The van der Waals surface area contributed by atoms with Gasteiger partial charge in [-0.1, -0.05) is 26.7 Å². The highest BCUT2D eigenvalue weighted by atomic mass is 15.1. The van der Waals surface area contributed by atoms with Crippen LogP contribution in [0.5, 0.6) is 0 Å². The molecule has 0 aliphatic heterocycles. The lowest BCUT2D eigenvalue weighted by atomic mass is 9.78. The van der Waals surface area contributed by atoms with Crippen molar-refractivity contribution in [1.82, 2.24) is 15.5 Å². The van der Waals surface area contributed by atoms with Crippen molar-refractivity contribution in [3.63, 3.8) is 0 Å². The number of aromatic nitrogens is 2. The molecule has 1 aromatic rings. The molecule has 16 heavy (non-hydrogen) atoms. The Hall–Kier alpha value is -0.830. The van der Waals surface area contributed by atoms with Crippen molar-refractivity contribution < 1.29 is 0 Å². The number of nitrogens with one attached hydrogen (secondary N) is 2. The van der Waals surface area contributed by atoms with E-state index in [1.807, 2.05) is 6.20 Å². The minimum atomic E-state index is 0.679. The molecule has 3 nitrogen and oxygen atoms in total. The lowest BCUT2D eigenvalue weighted by Gasteiger charge is -2.34. The van der Waals surface area contributed by atoms with Gasteiger partial charge in [0.2, 0.25) is 0 Å². The number of aryl methyl sites for hydroxylation is 1. The Balaban J connectivity index is 1.88. The molecule has 3 atom stereocenters. The molecule has 0 amide bonds. The number of nitrogens with zero attached hydrogens (tertiary/aromatic N) is 1. The zero-order valence-electron chi connectivity index (χ0n) is 10.6. The highest BCUT2D eigenvalue weighted by molar-refractivity contribution is 5.14. The third-order valence-corrected chi connectivity index (χ3v) is 4.20. The molecule has 1 heterocycles. The van der Waals surface area contributed by atoms with Crippen LogP contribution < -0.4 is 5.32 Å². The van der Waals surface area contributed by atoms with E-state index in [0.29, 0.717) is 6.04 Å². The topological polar surface area (TPSA) is 40.7 Å². The van der Waals surface area contributed by atoms with Gasteiger partial charge >= 0.3 is 0 Å². The van der Waals surface area contributed by atoms with Gasteiger partial charge in [0.05, 0.1) is 6.20 Å². The lowest BCUT2D eigenvalue weighted by molar-refractivity contribution is 0.206. The molecule has 3 heteroatoms. The van der Waals surface area contributed by atoms with Crippen LogP contribution in [0.15, 0.2) is 6.20 Å². The quantitative estimate of drug-likeness (QED) is 0.823. The van der Waals surface area contributed by atoms with E-state index < -0.39 is 0 Å². The summed E-state index contributed by atoms with van der Waals surface area (Å²) in [6.45, 7) is 7.78. The van der Waals surface area contributed by atoms with Crippen LogP contribution >= 0.6 is 0 Å². The van der Waals surface area contributed by atoms with Crippen molar-refractivity contribution in [3.05, 3.63) is 17.5 Å². The SMILES string of the molecule is Cc1[nH]ncc1CN[C@@H]1CCC[C@@H](C)[C@@H]1C. The molecule has 0 bridgehead atoms. The lowest BCUT2D eigenvalue weighted by Crippen LogP contribution is -2.40. The Labute approximate surface area is 98.0 Å². The van der Waals surface area contributed by atoms with Crippen molar-refractivity contribution in [3.8, 4) is 0 Å². The molecule has 1 aromatic heterocycles. The highest BCUT2D eigenvalue weighted by Gasteiger charge is 2.26. The zero-order valence-corrected chi connectivity index (χ0v) is 10.6. The molecule has 1 aliphatic rings. The second kappa shape index (κ2) is 5.00. The van der Waals surface area contributed by atoms with E-state index in [4.69, 9.17) is 0 Å². The molecular weight excluding hydrogens is 198 g/mol. The van der Waals surface area contributed by atoms with Crippen molar-refractivity contribution in [1.29, 1.82) is 0 Å². The third kappa shape index (κ3) is 2.46. The zero-order chi connectivity index (χ0) is 11.5. The van der Waals surface area contributed by atoms with E-state index in [-0.39, 0.29) is 0 Å². The van der Waals surface area contributed by atoms with Gasteiger partial charge in [0.15, 0.2) is 0 Å². The van der Waals surface area contributed by atoms with Crippen molar-refractivity contribution in [2.45, 2.75) is 52.6 Å². The minimum Gasteiger partial charge on any atom is -0.310 e. The van der Waals surface area contributed by atoms with Gasteiger partial charge in [-0.15, -0.1) is 0 Å². The largest absolute Gasteiger partial charge is 0.310 e. The van der Waals surface area contributed by atoms with Gasteiger partial charge < -0.3 is 5.32 Å². The smallest absolute Gasteiger partial charge is 0.0535 e. The van der Waals surface area contributed by atoms with Crippen LogP contribution in [0.3, 0.4) is 0 Å². The van der Waals surface area contributed by atoms with Crippen molar-refractivity contribution >= 4 is 0 Å². The summed E-state index contributed by atoms with van der Waals surface area (Å²) in [4.78, 5) is 0. The molecule has 0 saturated heterocycles. The first kappa shape index (κ1) is 11.6. The first-order chi connectivity index (χ1) is 7.68. The standard InChI is InChI=1S/C13H23N3/c1-9-5-4-6-13(10(9)2)14-7-12-8-15-16-11(12)3/h8-10,13-14H,4-7H2,1-3H3,(H,15,16)/t9-,10+,13-/m1/s1. The number of H-pyrrole nitrogens is 1. The maximum atomic E-state index is 4.05. The number of hydrogen-bond acceptors (Lipinski definition) is 2. The Morgan fingerprint density at radius 1 is 1.44 bits per heavy atom. The van der Waals surface area contributed by atoms with Gasteiger partial charge in [-0.05, 0) is 25.2 Å². The van der Waals surface area contributed by atoms with Gasteiger partial charge in [0.25, 0.3) is 0 Å². The summed E-state index contributed by atoms with van der Waals surface area (Å²) >= 11 is 0. The minimum absolute atomic E-state index is 0.679. The Morgan fingerprint density at radius 3 is 2.94 bits per heavy atom. The van der Waals surface area contributed by atoms with E-state index in [9.17, 15) is 0 Å². The Bertz CT molecular complexity index is 332. The molecule has 0 aromatic carbocycles. The average molecular weight is 221 g/mol. The maximum absolute atomic E-state index is 4.05.